The fourth-order valence-corrected chi connectivity index (χ4v) is 1.34. The first-order valence-electron chi connectivity index (χ1n) is 4.35. The SMILES string of the molecule is CCN(CC)C(CN)CCO. The molecule has 0 saturated heterocycles. The first-order chi connectivity index (χ1) is 5.29. The number of nitrogens with zero attached hydrogens (tertiary/aromatic N) is 1. The molecule has 1 atom stereocenters. The molecule has 0 saturated carbocycles. The van der Waals surface area contributed by atoms with Crippen LogP contribution in [0.3, 0.4) is 0 Å². The quantitative estimate of drug-likeness (QED) is 0.576. The predicted octanol–water partition coefficient (Wildman–Crippen LogP) is 0.0379. The zero-order valence-corrected chi connectivity index (χ0v) is 7.58. The van der Waals surface area contributed by atoms with Gasteiger partial charge in [0.25, 0.3) is 0 Å². The van der Waals surface area contributed by atoms with Crippen molar-refractivity contribution in [3.63, 3.8) is 0 Å². The summed E-state index contributed by atoms with van der Waals surface area (Å²) in [5.41, 5.74) is 5.56. The van der Waals surface area contributed by atoms with Crippen molar-refractivity contribution in [1.29, 1.82) is 0 Å². The molecule has 0 radical (unpaired) electrons. The van der Waals surface area contributed by atoms with Crippen LogP contribution >= 0.6 is 0 Å². The first-order valence-corrected chi connectivity index (χ1v) is 4.35. The van der Waals surface area contributed by atoms with Crippen molar-refractivity contribution in [2.24, 2.45) is 5.73 Å². The van der Waals surface area contributed by atoms with Crippen molar-refractivity contribution < 1.29 is 5.11 Å². The number of rotatable bonds is 6. The molecule has 1 unspecified atom stereocenters. The van der Waals surface area contributed by atoms with E-state index < -0.39 is 0 Å². The molecule has 3 N–H and O–H groups in total. The van der Waals surface area contributed by atoms with Crippen molar-refractivity contribution in [2.75, 3.05) is 26.2 Å². The van der Waals surface area contributed by atoms with Crippen LogP contribution in [0.2, 0.25) is 0 Å². The molecule has 0 bridgehead atoms. The van der Waals surface area contributed by atoms with E-state index in [1.54, 1.807) is 0 Å². The minimum atomic E-state index is 0.234. The Morgan fingerprint density at radius 3 is 2.18 bits per heavy atom. The number of hydrogen-bond donors (Lipinski definition) is 2. The zero-order chi connectivity index (χ0) is 8.69. The second kappa shape index (κ2) is 6.58. The molecular weight excluding hydrogens is 140 g/mol. The molecule has 0 aliphatic heterocycles. The molecule has 0 rings (SSSR count). The van der Waals surface area contributed by atoms with E-state index in [1.165, 1.54) is 0 Å². The van der Waals surface area contributed by atoms with E-state index in [0.717, 1.165) is 19.5 Å². The van der Waals surface area contributed by atoms with Crippen LogP contribution in [-0.2, 0) is 0 Å². The van der Waals surface area contributed by atoms with E-state index in [9.17, 15) is 0 Å². The monoisotopic (exact) mass is 160 g/mol. The third-order valence-electron chi connectivity index (χ3n) is 2.06. The highest BCUT2D eigenvalue weighted by Crippen LogP contribution is 2.01. The van der Waals surface area contributed by atoms with E-state index in [0.29, 0.717) is 12.6 Å². The van der Waals surface area contributed by atoms with Gasteiger partial charge in [0.05, 0.1) is 0 Å². The Morgan fingerprint density at radius 2 is 1.91 bits per heavy atom. The Morgan fingerprint density at radius 1 is 1.36 bits per heavy atom. The molecule has 0 heterocycles. The summed E-state index contributed by atoms with van der Waals surface area (Å²) in [5.74, 6) is 0. The highest BCUT2D eigenvalue weighted by Gasteiger charge is 2.11. The van der Waals surface area contributed by atoms with E-state index in [1.807, 2.05) is 0 Å². The van der Waals surface area contributed by atoms with Crippen LogP contribution in [0, 0.1) is 0 Å². The number of aliphatic hydroxyl groups excluding tert-OH is 1. The Kier molecular flexibility index (Phi) is 6.51. The molecule has 11 heavy (non-hydrogen) atoms. The largest absolute Gasteiger partial charge is 0.396 e. The maximum atomic E-state index is 8.73. The number of likely N-dealkylation sites (N-methyl/N-ethyl adjacent to an activating group) is 1. The Hall–Kier alpha value is -0.120. The summed E-state index contributed by atoms with van der Waals surface area (Å²) in [4.78, 5) is 2.27. The molecule has 0 aliphatic carbocycles. The van der Waals surface area contributed by atoms with Crippen LogP contribution in [0.1, 0.15) is 20.3 Å². The number of nitrogens with two attached hydrogens (primary N) is 1. The third-order valence-corrected chi connectivity index (χ3v) is 2.06. The Bertz CT molecular complexity index is 84.2. The van der Waals surface area contributed by atoms with Gasteiger partial charge in [0.1, 0.15) is 0 Å². The van der Waals surface area contributed by atoms with Crippen molar-refractivity contribution >= 4 is 0 Å². The Balaban J connectivity index is 3.76. The van der Waals surface area contributed by atoms with Gasteiger partial charge in [-0.15, -0.1) is 0 Å². The van der Waals surface area contributed by atoms with Gasteiger partial charge >= 0.3 is 0 Å². The standard InChI is InChI=1S/C8H20N2O/c1-3-10(4-2)8(7-9)5-6-11/h8,11H,3-7,9H2,1-2H3. The summed E-state index contributed by atoms with van der Waals surface area (Å²) in [7, 11) is 0. The van der Waals surface area contributed by atoms with Crippen LogP contribution in [0.5, 0.6) is 0 Å². The molecular formula is C8H20N2O. The van der Waals surface area contributed by atoms with E-state index in [4.69, 9.17) is 10.8 Å². The lowest BCUT2D eigenvalue weighted by atomic mass is 10.2. The lowest BCUT2D eigenvalue weighted by Gasteiger charge is -2.27. The van der Waals surface area contributed by atoms with Gasteiger partial charge in [-0.2, -0.15) is 0 Å². The van der Waals surface area contributed by atoms with Gasteiger partial charge in [0.15, 0.2) is 0 Å². The maximum Gasteiger partial charge on any atom is 0.0446 e. The lowest BCUT2D eigenvalue weighted by Crippen LogP contribution is -2.40. The highest BCUT2D eigenvalue weighted by atomic mass is 16.3. The lowest BCUT2D eigenvalue weighted by molar-refractivity contribution is 0.173. The minimum Gasteiger partial charge on any atom is -0.396 e. The fraction of sp³-hybridized carbons (Fsp3) is 1.00. The molecule has 0 aromatic carbocycles. The van der Waals surface area contributed by atoms with Crippen molar-refractivity contribution in [2.45, 2.75) is 26.3 Å². The van der Waals surface area contributed by atoms with Gasteiger partial charge < -0.3 is 10.8 Å². The Labute approximate surface area is 69.2 Å². The van der Waals surface area contributed by atoms with Gasteiger partial charge in [0.2, 0.25) is 0 Å². The number of aliphatic hydroxyl groups is 1. The average Bonchev–Trinajstić information content (AvgIpc) is 2.05. The summed E-state index contributed by atoms with van der Waals surface area (Å²) < 4.78 is 0. The molecule has 0 amide bonds. The summed E-state index contributed by atoms with van der Waals surface area (Å²) in [6.07, 6.45) is 0.790. The highest BCUT2D eigenvalue weighted by molar-refractivity contribution is 4.69. The van der Waals surface area contributed by atoms with Crippen LogP contribution < -0.4 is 5.73 Å². The van der Waals surface area contributed by atoms with Gasteiger partial charge in [-0.25, -0.2) is 0 Å². The van der Waals surface area contributed by atoms with Crippen molar-refractivity contribution in [3.8, 4) is 0 Å². The number of hydrogen-bond acceptors (Lipinski definition) is 3. The molecule has 0 fully saturated rings. The molecule has 3 nitrogen and oxygen atoms in total. The van der Waals surface area contributed by atoms with Gasteiger partial charge in [-0.3, -0.25) is 4.90 Å². The molecule has 0 aliphatic rings. The fourth-order valence-electron chi connectivity index (χ4n) is 1.34. The van der Waals surface area contributed by atoms with Gasteiger partial charge in [-0.05, 0) is 19.5 Å². The molecule has 0 aromatic heterocycles. The van der Waals surface area contributed by atoms with E-state index in [2.05, 4.69) is 18.7 Å². The predicted molar refractivity (Wildman–Crippen MR) is 47.5 cm³/mol. The van der Waals surface area contributed by atoms with Crippen LogP contribution in [-0.4, -0.2) is 42.3 Å². The van der Waals surface area contributed by atoms with Crippen molar-refractivity contribution in [3.05, 3.63) is 0 Å². The molecule has 3 heteroatoms. The maximum absolute atomic E-state index is 8.73. The summed E-state index contributed by atoms with van der Waals surface area (Å²) in [5, 5.41) is 8.73. The minimum absolute atomic E-state index is 0.234. The van der Waals surface area contributed by atoms with Gasteiger partial charge in [-0.1, -0.05) is 13.8 Å². The third kappa shape index (κ3) is 3.70. The molecule has 68 valence electrons. The molecule has 0 spiro atoms. The zero-order valence-electron chi connectivity index (χ0n) is 7.58. The van der Waals surface area contributed by atoms with Gasteiger partial charge in [0, 0.05) is 19.2 Å². The second-order valence-corrected chi connectivity index (χ2v) is 2.62. The summed E-state index contributed by atoms with van der Waals surface area (Å²) in [6, 6.07) is 0.356. The topological polar surface area (TPSA) is 49.5 Å². The van der Waals surface area contributed by atoms with Crippen LogP contribution in [0.25, 0.3) is 0 Å². The first kappa shape index (κ1) is 10.9. The smallest absolute Gasteiger partial charge is 0.0446 e. The normalized spacial score (nSPS) is 13.9. The van der Waals surface area contributed by atoms with E-state index in [-0.39, 0.29) is 6.61 Å². The second-order valence-electron chi connectivity index (χ2n) is 2.62. The average molecular weight is 160 g/mol. The van der Waals surface area contributed by atoms with Crippen molar-refractivity contribution in [1.82, 2.24) is 4.90 Å². The van der Waals surface area contributed by atoms with Crippen LogP contribution in [0.4, 0.5) is 0 Å². The van der Waals surface area contributed by atoms with E-state index >= 15 is 0 Å². The van der Waals surface area contributed by atoms with Crippen LogP contribution in [0.15, 0.2) is 0 Å². The summed E-state index contributed by atoms with van der Waals surface area (Å²) in [6.45, 7) is 7.13. The summed E-state index contributed by atoms with van der Waals surface area (Å²) >= 11 is 0. The molecule has 0 aromatic rings.